The van der Waals surface area contributed by atoms with E-state index in [1.165, 1.54) is 6.20 Å². The first-order chi connectivity index (χ1) is 14.5. The summed E-state index contributed by atoms with van der Waals surface area (Å²) in [7, 11) is 0. The predicted molar refractivity (Wildman–Crippen MR) is 116 cm³/mol. The molecule has 152 valence electrons. The summed E-state index contributed by atoms with van der Waals surface area (Å²) in [5.74, 6) is 0.477. The molecule has 1 aliphatic rings. The van der Waals surface area contributed by atoms with Gasteiger partial charge in [-0.25, -0.2) is 9.50 Å². The van der Waals surface area contributed by atoms with Crippen LogP contribution in [0.1, 0.15) is 10.4 Å². The van der Waals surface area contributed by atoms with Crippen LogP contribution >= 0.6 is 23.2 Å². The van der Waals surface area contributed by atoms with E-state index in [4.69, 9.17) is 23.2 Å². The van der Waals surface area contributed by atoms with Gasteiger partial charge in [0, 0.05) is 32.4 Å². The first kappa shape index (κ1) is 18.9. The summed E-state index contributed by atoms with van der Waals surface area (Å²) in [5.41, 5.74) is 1.17. The molecule has 4 aromatic rings. The van der Waals surface area contributed by atoms with Gasteiger partial charge in [-0.3, -0.25) is 9.59 Å². The molecule has 5 rings (SSSR count). The second-order valence-electron chi connectivity index (χ2n) is 7.03. The monoisotopic (exact) mass is 442 g/mol. The molecule has 30 heavy (non-hydrogen) atoms. The summed E-state index contributed by atoms with van der Waals surface area (Å²) in [6, 6.07) is 8.81. The number of carbonyl (C=O) groups excluding carboxylic acids is 1. The van der Waals surface area contributed by atoms with Crippen LogP contribution in [-0.4, -0.2) is 56.6 Å². The number of anilines is 1. The minimum Gasteiger partial charge on any atom is -0.352 e. The molecule has 0 radical (unpaired) electrons. The fraction of sp³-hybridized carbons (Fsp3) is 0.200. The third-order valence-corrected chi connectivity index (χ3v) is 5.75. The van der Waals surface area contributed by atoms with E-state index in [0.29, 0.717) is 64.2 Å². The fourth-order valence-electron chi connectivity index (χ4n) is 3.76. The second-order valence-corrected chi connectivity index (χ2v) is 7.87. The van der Waals surface area contributed by atoms with Crippen molar-refractivity contribution in [1.82, 2.24) is 24.5 Å². The van der Waals surface area contributed by atoms with Gasteiger partial charge in [0.1, 0.15) is 17.0 Å². The molecule has 1 aliphatic heterocycles. The number of pyridine rings is 1. The molecule has 0 saturated carbocycles. The maximum absolute atomic E-state index is 13.1. The lowest BCUT2D eigenvalue weighted by atomic mass is 10.2. The first-order valence-electron chi connectivity index (χ1n) is 9.37. The molecule has 1 aromatic carbocycles. The topological polar surface area (TPSA) is 86.6 Å². The van der Waals surface area contributed by atoms with Crippen LogP contribution in [0.4, 0.5) is 5.82 Å². The maximum Gasteiger partial charge on any atom is 0.259 e. The number of halogens is 2. The molecule has 0 atom stereocenters. The molecule has 8 nitrogen and oxygen atoms in total. The lowest BCUT2D eigenvalue weighted by Crippen LogP contribution is -2.49. The summed E-state index contributed by atoms with van der Waals surface area (Å²) >= 11 is 12.2. The lowest BCUT2D eigenvalue weighted by molar-refractivity contribution is 0.0748. The zero-order valence-corrected chi connectivity index (χ0v) is 17.2. The van der Waals surface area contributed by atoms with Crippen molar-refractivity contribution in [3.05, 3.63) is 68.7 Å². The van der Waals surface area contributed by atoms with E-state index in [0.717, 1.165) is 0 Å². The molecule has 1 N–H and O–H groups in total. The number of aromatic amines is 1. The SMILES string of the molecule is O=C(c1cnn2c1[nH]c(=O)c1ccccc12)N1CCN(c2ncc(Cl)cc2Cl)CC1. The van der Waals surface area contributed by atoms with Crippen LogP contribution in [0.5, 0.6) is 0 Å². The molecular formula is C20H16Cl2N6O2. The number of aromatic nitrogens is 4. The molecule has 0 spiro atoms. The van der Waals surface area contributed by atoms with Gasteiger partial charge in [-0.1, -0.05) is 35.3 Å². The molecule has 4 heterocycles. The average molecular weight is 443 g/mol. The van der Waals surface area contributed by atoms with Crippen molar-refractivity contribution in [3.8, 4) is 0 Å². The Labute approximate surface area is 180 Å². The normalized spacial score (nSPS) is 14.6. The van der Waals surface area contributed by atoms with Crippen LogP contribution in [0.15, 0.2) is 47.5 Å². The number of rotatable bonds is 2. The minimum absolute atomic E-state index is 0.175. The highest BCUT2D eigenvalue weighted by Gasteiger charge is 2.26. The smallest absolute Gasteiger partial charge is 0.259 e. The van der Waals surface area contributed by atoms with Crippen LogP contribution in [0.2, 0.25) is 10.0 Å². The van der Waals surface area contributed by atoms with E-state index in [-0.39, 0.29) is 11.5 Å². The molecule has 0 unspecified atom stereocenters. The summed E-state index contributed by atoms with van der Waals surface area (Å²) in [6.07, 6.45) is 3.06. The zero-order chi connectivity index (χ0) is 20.8. The van der Waals surface area contributed by atoms with E-state index in [2.05, 4.69) is 15.1 Å². The van der Waals surface area contributed by atoms with E-state index in [1.54, 1.807) is 39.9 Å². The molecule has 1 saturated heterocycles. The van der Waals surface area contributed by atoms with Gasteiger partial charge in [0.05, 0.1) is 27.1 Å². The summed E-state index contributed by atoms with van der Waals surface area (Å²) in [4.78, 5) is 36.5. The van der Waals surface area contributed by atoms with E-state index in [9.17, 15) is 9.59 Å². The maximum atomic E-state index is 13.1. The number of piperazine rings is 1. The van der Waals surface area contributed by atoms with Crippen LogP contribution < -0.4 is 10.5 Å². The number of nitrogens with one attached hydrogen (secondary N) is 1. The highest BCUT2D eigenvalue weighted by molar-refractivity contribution is 6.36. The quantitative estimate of drug-likeness (QED) is 0.515. The summed E-state index contributed by atoms with van der Waals surface area (Å²) in [6.45, 7) is 2.15. The second kappa shape index (κ2) is 7.30. The predicted octanol–water partition coefficient (Wildman–Crippen LogP) is 2.84. The van der Waals surface area contributed by atoms with E-state index >= 15 is 0 Å². The molecule has 3 aromatic heterocycles. The summed E-state index contributed by atoms with van der Waals surface area (Å²) in [5, 5.41) is 5.82. The van der Waals surface area contributed by atoms with Gasteiger partial charge in [0.15, 0.2) is 0 Å². The Morgan fingerprint density at radius 1 is 1.07 bits per heavy atom. The third-order valence-electron chi connectivity index (χ3n) is 5.26. The Morgan fingerprint density at radius 3 is 2.60 bits per heavy atom. The Morgan fingerprint density at radius 2 is 1.83 bits per heavy atom. The number of carbonyl (C=O) groups is 1. The number of fused-ring (bicyclic) bond motifs is 3. The van der Waals surface area contributed by atoms with Crippen molar-refractivity contribution >= 4 is 51.5 Å². The van der Waals surface area contributed by atoms with E-state index in [1.807, 2.05) is 11.0 Å². The van der Waals surface area contributed by atoms with Crippen LogP contribution in [0, 0.1) is 0 Å². The lowest BCUT2D eigenvalue weighted by Gasteiger charge is -2.35. The highest BCUT2D eigenvalue weighted by Crippen LogP contribution is 2.27. The van der Waals surface area contributed by atoms with Crippen molar-refractivity contribution < 1.29 is 4.79 Å². The van der Waals surface area contributed by atoms with E-state index < -0.39 is 0 Å². The Balaban J connectivity index is 1.41. The third kappa shape index (κ3) is 3.09. The van der Waals surface area contributed by atoms with Gasteiger partial charge in [0.2, 0.25) is 0 Å². The zero-order valence-electron chi connectivity index (χ0n) is 15.7. The van der Waals surface area contributed by atoms with Crippen molar-refractivity contribution in [3.63, 3.8) is 0 Å². The molecule has 0 aliphatic carbocycles. The average Bonchev–Trinajstić information content (AvgIpc) is 3.17. The first-order valence-corrected chi connectivity index (χ1v) is 10.1. The fourth-order valence-corrected chi connectivity index (χ4v) is 4.26. The number of nitrogens with zero attached hydrogens (tertiary/aromatic N) is 5. The standard InChI is InChI=1S/C20H16Cl2N6O2/c21-12-9-15(22)18(23-10-12)26-5-7-27(8-6-26)20(30)14-11-24-28-16-4-2-1-3-13(16)19(29)25-17(14)28/h1-4,9-11H,5-8H2,(H,25,29). The van der Waals surface area contributed by atoms with Gasteiger partial charge < -0.3 is 14.8 Å². The highest BCUT2D eigenvalue weighted by atomic mass is 35.5. The molecule has 10 heteroatoms. The van der Waals surface area contributed by atoms with Gasteiger partial charge in [-0.15, -0.1) is 0 Å². The van der Waals surface area contributed by atoms with Gasteiger partial charge in [-0.05, 0) is 18.2 Å². The number of benzene rings is 1. The van der Waals surface area contributed by atoms with Crippen LogP contribution in [0.25, 0.3) is 16.6 Å². The molecule has 0 bridgehead atoms. The number of hydrogen-bond donors (Lipinski definition) is 1. The largest absolute Gasteiger partial charge is 0.352 e. The van der Waals surface area contributed by atoms with Crippen molar-refractivity contribution in [2.75, 3.05) is 31.1 Å². The Hall–Kier alpha value is -3.10. The van der Waals surface area contributed by atoms with Crippen LogP contribution in [0.3, 0.4) is 0 Å². The number of amides is 1. The van der Waals surface area contributed by atoms with Gasteiger partial charge in [-0.2, -0.15) is 5.10 Å². The summed E-state index contributed by atoms with van der Waals surface area (Å²) < 4.78 is 1.59. The number of H-pyrrole nitrogens is 1. The van der Waals surface area contributed by atoms with Gasteiger partial charge >= 0.3 is 0 Å². The Kier molecular flexibility index (Phi) is 4.60. The van der Waals surface area contributed by atoms with Crippen molar-refractivity contribution in [1.29, 1.82) is 0 Å². The van der Waals surface area contributed by atoms with Crippen molar-refractivity contribution in [2.24, 2.45) is 0 Å². The Bertz CT molecular complexity index is 1340. The van der Waals surface area contributed by atoms with Crippen molar-refractivity contribution in [2.45, 2.75) is 0 Å². The molecular weight excluding hydrogens is 427 g/mol. The van der Waals surface area contributed by atoms with Gasteiger partial charge in [0.25, 0.3) is 11.5 Å². The molecule has 1 amide bonds. The number of hydrogen-bond acceptors (Lipinski definition) is 5. The molecule has 1 fully saturated rings. The number of para-hydroxylation sites is 1. The minimum atomic E-state index is -0.249. The van der Waals surface area contributed by atoms with Crippen LogP contribution in [-0.2, 0) is 0 Å².